The maximum absolute atomic E-state index is 13.1. The zero-order valence-electron chi connectivity index (χ0n) is 9.19. The van der Waals surface area contributed by atoms with E-state index in [9.17, 15) is 4.39 Å². The van der Waals surface area contributed by atoms with Gasteiger partial charge in [0.2, 0.25) is 0 Å². The van der Waals surface area contributed by atoms with Crippen molar-refractivity contribution in [1.82, 2.24) is 10.2 Å². The van der Waals surface area contributed by atoms with Crippen molar-refractivity contribution in [3.8, 4) is 6.07 Å². The number of nitrogens with zero attached hydrogens (tertiary/aromatic N) is 3. The van der Waals surface area contributed by atoms with E-state index in [0.717, 1.165) is 10.0 Å². The van der Waals surface area contributed by atoms with Gasteiger partial charge >= 0.3 is 0 Å². The Morgan fingerprint density at radius 1 is 1.39 bits per heavy atom. The number of halogens is 2. The summed E-state index contributed by atoms with van der Waals surface area (Å²) in [6.07, 6.45) is 1.45. The van der Waals surface area contributed by atoms with Crippen molar-refractivity contribution >= 4 is 21.7 Å². The minimum Gasteiger partial charge on any atom is -0.363 e. The predicted octanol–water partition coefficient (Wildman–Crippen LogP) is 2.86. The van der Waals surface area contributed by atoms with Crippen molar-refractivity contribution in [2.75, 3.05) is 5.32 Å². The molecule has 1 aromatic heterocycles. The van der Waals surface area contributed by atoms with Crippen LogP contribution in [0, 0.1) is 17.1 Å². The summed E-state index contributed by atoms with van der Waals surface area (Å²) in [5, 5.41) is 19.4. The lowest BCUT2D eigenvalue weighted by atomic mass is 10.2. The van der Waals surface area contributed by atoms with E-state index in [-0.39, 0.29) is 5.82 Å². The standard InChI is InChI=1S/C12H8BrFN4/c13-11-2-1-10(14)5-9(11)7-16-12-8(6-15)3-4-17-18-12/h1-5H,7H2,(H,16,18). The van der Waals surface area contributed by atoms with Crippen LogP contribution >= 0.6 is 15.9 Å². The van der Waals surface area contributed by atoms with Crippen LogP contribution in [0.3, 0.4) is 0 Å². The van der Waals surface area contributed by atoms with E-state index in [2.05, 4.69) is 31.4 Å². The minimum absolute atomic E-state index is 0.311. The summed E-state index contributed by atoms with van der Waals surface area (Å²) in [4.78, 5) is 0. The highest BCUT2D eigenvalue weighted by Gasteiger charge is 2.05. The van der Waals surface area contributed by atoms with Crippen molar-refractivity contribution in [2.24, 2.45) is 0 Å². The Labute approximate surface area is 112 Å². The van der Waals surface area contributed by atoms with Gasteiger partial charge in [0, 0.05) is 11.0 Å². The number of anilines is 1. The van der Waals surface area contributed by atoms with Gasteiger partial charge in [-0.3, -0.25) is 0 Å². The Morgan fingerprint density at radius 3 is 3.00 bits per heavy atom. The fraction of sp³-hybridized carbons (Fsp3) is 0.0833. The lowest BCUT2D eigenvalue weighted by Gasteiger charge is -2.08. The van der Waals surface area contributed by atoms with Crippen molar-refractivity contribution in [3.05, 3.63) is 51.9 Å². The SMILES string of the molecule is N#Cc1ccnnc1NCc1cc(F)ccc1Br. The van der Waals surface area contributed by atoms with E-state index in [1.54, 1.807) is 12.1 Å². The summed E-state index contributed by atoms with van der Waals surface area (Å²) in [6, 6.07) is 7.99. The lowest BCUT2D eigenvalue weighted by Crippen LogP contribution is -2.05. The molecule has 1 N–H and O–H groups in total. The first-order chi connectivity index (χ1) is 8.70. The molecular formula is C12H8BrFN4. The number of rotatable bonds is 3. The van der Waals surface area contributed by atoms with Gasteiger partial charge in [0.15, 0.2) is 5.82 Å². The van der Waals surface area contributed by atoms with Gasteiger partial charge in [-0.05, 0) is 29.8 Å². The molecule has 90 valence electrons. The van der Waals surface area contributed by atoms with Crippen LogP contribution in [0.15, 0.2) is 34.9 Å². The molecule has 0 radical (unpaired) electrons. The summed E-state index contributed by atoms with van der Waals surface area (Å²) in [6.45, 7) is 0.353. The van der Waals surface area contributed by atoms with Crippen LogP contribution in [0.1, 0.15) is 11.1 Å². The first kappa shape index (κ1) is 12.5. The molecule has 0 saturated heterocycles. The summed E-state index contributed by atoms with van der Waals surface area (Å²) < 4.78 is 13.9. The number of hydrogen-bond acceptors (Lipinski definition) is 4. The fourth-order valence-corrected chi connectivity index (χ4v) is 1.80. The molecule has 2 rings (SSSR count). The molecule has 0 spiro atoms. The molecule has 0 aliphatic carbocycles. The van der Waals surface area contributed by atoms with Crippen LogP contribution in [-0.4, -0.2) is 10.2 Å². The highest BCUT2D eigenvalue weighted by molar-refractivity contribution is 9.10. The number of nitriles is 1. The van der Waals surface area contributed by atoms with Gasteiger partial charge in [-0.2, -0.15) is 10.4 Å². The number of nitrogens with one attached hydrogen (secondary N) is 1. The van der Waals surface area contributed by atoms with Crippen LogP contribution in [0.4, 0.5) is 10.2 Å². The van der Waals surface area contributed by atoms with E-state index < -0.39 is 0 Å². The summed E-state index contributed by atoms with van der Waals surface area (Å²) in [5.74, 6) is 0.0748. The molecule has 1 heterocycles. The average molecular weight is 307 g/mol. The maximum Gasteiger partial charge on any atom is 0.166 e. The molecule has 0 bridgehead atoms. The van der Waals surface area contributed by atoms with Gasteiger partial charge in [0.05, 0.1) is 11.8 Å². The van der Waals surface area contributed by atoms with Crippen LogP contribution in [-0.2, 0) is 6.54 Å². The molecule has 2 aromatic rings. The van der Waals surface area contributed by atoms with Crippen molar-refractivity contribution < 1.29 is 4.39 Å². The van der Waals surface area contributed by atoms with Gasteiger partial charge < -0.3 is 5.32 Å². The summed E-state index contributed by atoms with van der Waals surface area (Å²) >= 11 is 3.33. The number of benzene rings is 1. The van der Waals surface area contributed by atoms with Gasteiger partial charge in [0.1, 0.15) is 11.9 Å². The molecule has 0 atom stereocenters. The molecule has 0 fully saturated rings. The number of aromatic nitrogens is 2. The van der Waals surface area contributed by atoms with Crippen molar-refractivity contribution in [1.29, 1.82) is 5.26 Å². The average Bonchev–Trinajstić information content (AvgIpc) is 2.40. The molecule has 6 heteroatoms. The Morgan fingerprint density at radius 2 is 2.22 bits per heavy atom. The summed E-state index contributed by atoms with van der Waals surface area (Å²) in [5.41, 5.74) is 1.14. The Hall–Kier alpha value is -2.00. The summed E-state index contributed by atoms with van der Waals surface area (Å²) in [7, 11) is 0. The lowest BCUT2D eigenvalue weighted by molar-refractivity contribution is 0.625. The van der Waals surface area contributed by atoms with Gasteiger partial charge in [-0.1, -0.05) is 15.9 Å². The Bertz CT molecular complexity index is 609. The van der Waals surface area contributed by atoms with Crippen LogP contribution < -0.4 is 5.32 Å². The Balaban J connectivity index is 2.17. The van der Waals surface area contributed by atoms with Crippen molar-refractivity contribution in [2.45, 2.75) is 6.54 Å². The smallest absolute Gasteiger partial charge is 0.166 e. The van der Waals surface area contributed by atoms with Crippen LogP contribution in [0.5, 0.6) is 0 Å². The molecule has 0 amide bonds. The highest BCUT2D eigenvalue weighted by Crippen LogP contribution is 2.19. The zero-order chi connectivity index (χ0) is 13.0. The molecular weight excluding hydrogens is 299 g/mol. The Kier molecular flexibility index (Phi) is 3.85. The van der Waals surface area contributed by atoms with E-state index >= 15 is 0 Å². The molecule has 0 aliphatic heterocycles. The van der Waals surface area contributed by atoms with Crippen LogP contribution in [0.2, 0.25) is 0 Å². The minimum atomic E-state index is -0.311. The molecule has 0 unspecified atom stereocenters. The van der Waals surface area contributed by atoms with Crippen LogP contribution in [0.25, 0.3) is 0 Å². The van der Waals surface area contributed by atoms with E-state index in [1.807, 2.05) is 6.07 Å². The molecule has 0 saturated carbocycles. The highest BCUT2D eigenvalue weighted by atomic mass is 79.9. The predicted molar refractivity (Wildman–Crippen MR) is 68.2 cm³/mol. The second kappa shape index (κ2) is 5.56. The van der Waals surface area contributed by atoms with Gasteiger partial charge in [-0.25, -0.2) is 4.39 Å². The number of hydrogen-bond donors (Lipinski definition) is 1. The molecule has 1 aromatic carbocycles. The molecule has 0 aliphatic rings. The third-order valence-electron chi connectivity index (χ3n) is 2.30. The fourth-order valence-electron chi connectivity index (χ4n) is 1.41. The largest absolute Gasteiger partial charge is 0.363 e. The van der Waals surface area contributed by atoms with Gasteiger partial charge in [-0.15, -0.1) is 5.10 Å². The topological polar surface area (TPSA) is 61.6 Å². The van der Waals surface area contributed by atoms with E-state index in [0.29, 0.717) is 17.9 Å². The molecule has 4 nitrogen and oxygen atoms in total. The first-order valence-corrected chi connectivity index (χ1v) is 5.89. The zero-order valence-corrected chi connectivity index (χ0v) is 10.8. The van der Waals surface area contributed by atoms with Gasteiger partial charge in [0.25, 0.3) is 0 Å². The van der Waals surface area contributed by atoms with Crippen molar-refractivity contribution in [3.63, 3.8) is 0 Å². The second-order valence-corrected chi connectivity index (χ2v) is 4.35. The van der Waals surface area contributed by atoms with E-state index in [1.165, 1.54) is 18.3 Å². The normalized spacial score (nSPS) is 9.83. The third-order valence-corrected chi connectivity index (χ3v) is 3.07. The first-order valence-electron chi connectivity index (χ1n) is 5.10. The third kappa shape index (κ3) is 2.81. The van der Waals surface area contributed by atoms with E-state index in [4.69, 9.17) is 5.26 Å². The molecule has 18 heavy (non-hydrogen) atoms. The maximum atomic E-state index is 13.1. The quantitative estimate of drug-likeness (QED) is 0.947. The second-order valence-electron chi connectivity index (χ2n) is 3.49. The monoisotopic (exact) mass is 306 g/mol.